The number of sulfone groups is 1. The van der Waals surface area contributed by atoms with Gasteiger partial charge in [-0.2, -0.15) is 0 Å². The van der Waals surface area contributed by atoms with Crippen LogP contribution in [0.1, 0.15) is 27.7 Å². The van der Waals surface area contributed by atoms with Gasteiger partial charge in [0.05, 0.1) is 19.8 Å². The van der Waals surface area contributed by atoms with Crippen molar-refractivity contribution < 1.29 is 25.3 Å². The molecule has 4 rings (SSSR count). The van der Waals surface area contributed by atoms with Gasteiger partial charge in [-0.3, -0.25) is 9.44 Å². The van der Waals surface area contributed by atoms with E-state index < -0.39 is 49.5 Å². The molecule has 0 radical (unpaired) electrons. The molecule has 4 aromatic rings. The van der Waals surface area contributed by atoms with Gasteiger partial charge in [0, 0.05) is 48.9 Å². The van der Waals surface area contributed by atoms with Crippen LogP contribution < -0.4 is 19.2 Å². The Morgan fingerprint density at radius 1 is 0.511 bits per heavy atom. The largest absolute Gasteiger partial charge is 0.372 e. The number of halogens is 2. The number of rotatable bonds is 14. The highest BCUT2D eigenvalue weighted by Gasteiger charge is 2.27. The predicted octanol–water partition coefficient (Wildman–Crippen LogP) is 7.12. The second-order valence-corrected chi connectivity index (χ2v) is 16.4. The third kappa shape index (κ3) is 8.15. The first-order valence-electron chi connectivity index (χ1n) is 14.8. The van der Waals surface area contributed by atoms with Crippen molar-refractivity contribution in [3.05, 3.63) is 95.0 Å². The maximum absolute atomic E-state index is 13.7. The Kier molecular flexibility index (Phi) is 11.4. The molecule has 0 spiro atoms. The minimum atomic E-state index is -4.44. The summed E-state index contributed by atoms with van der Waals surface area (Å²) in [6.45, 7) is 11.2. The molecule has 0 amide bonds. The molecule has 15 heteroatoms. The third-order valence-electron chi connectivity index (χ3n) is 7.50. The molecular weight excluding hydrogens is 703 g/mol. The number of hydrogen-bond acceptors (Lipinski definition) is 8. The second-order valence-electron chi connectivity index (χ2n) is 10.3. The van der Waals surface area contributed by atoms with Gasteiger partial charge in [0.2, 0.25) is 9.84 Å². The summed E-state index contributed by atoms with van der Waals surface area (Å²) < 4.78 is 85.7. The Balaban J connectivity index is 1.63. The Hall–Kier alpha value is -3.49. The molecule has 0 fully saturated rings. The Labute approximate surface area is 287 Å². The van der Waals surface area contributed by atoms with E-state index >= 15 is 0 Å². The normalized spacial score (nSPS) is 12.0. The average Bonchev–Trinajstić information content (AvgIpc) is 3.03. The van der Waals surface area contributed by atoms with E-state index in [-0.39, 0.29) is 21.4 Å². The molecule has 0 aliphatic heterocycles. The summed E-state index contributed by atoms with van der Waals surface area (Å²) in [7, 11) is -13.1. The van der Waals surface area contributed by atoms with Gasteiger partial charge in [0.25, 0.3) is 20.0 Å². The summed E-state index contributed by atoms with van der Waals surface area (Å²) in [6.07, 6.45) is 0. The first-order chi connectivity index (χ1) is 22.2. The Morgan fingerprint density at radius 2 is 0.830 bits per heavy atom. The van der Waals surface area contributed by atoms with Crippen molar-refractivity contribution in [2.24, 2.45) is 0 Å². The van der Waals surface area contributed by atoms with Crippen LogP contribution in [-0.4, -0.2) is 51.4 Å². The number of sulfonamides is 2. The van der Waals surface area contributed by atoms with Crippen molar-refractivity contribution in [3.63, 3.8) is 0 Å². The van der Waals surface area contributed by atoms with Gasteiger partial charge >= 0.3 is 0 Å². The number of benzene rings is 4. The first-order valence-corrected chi connectivity index (χ1v) is 20.0. The van der Waals surface area contributed by atoms with Gasteiger partial charge in [-0.1, -0.05) is 23.2 Å². The van der Waals surface area contributed by atoms with E-state index in [1.165, 1.54) is 0 Å². The molecule has 0 saturated heterocycles. The van der Waals surface area contributed by atoms with Crippen molar-refractivity contribution >= 4 is 75.8 Å². The van der Waals surface area contributed by atoms with Gasteiger partial charge < -0.3 is 9.80 Å². The van der Waals surface area contributed by atoms with Crippen molar-refractivity contribution in [2.75, 3.05) is 45.4 Å². The highest BCUT2D eigenvalue weighted by atomic mass is 35.5. The van der Waals surface area contributed by atoms with Crippen LogP contribution in [0.4, 0.5) is 22.7 Å². The third-order valence-corrected chi connectivity index (χ3v) is 13.0. The summed E-state index contributed by atoms with van der Waals surface area (Å²) in [6, 6.07) is 20.0. The minimum absolute atomic E-state index is 0.202. The fraction of sp³-hybridized carbons (Fsp3) is 0.250. The topological polar surface area (TPSA) is 133 Å². The quantitative estimate of drug-likeness (QED) is 0.140. The zero-order valence-corrected chi connectivity index (χ0v) is 30.2. The van der Waals surface area contributed by atoms with Crippen LogP contribution in [0.15, 0.2) is 105 Å². The monoisotopic (exact) mass is 738 g/mol. The number of nitrogens with one attached hydrogen (secondary N) is 2. The molecule has 0 heterocycles. The van der Waals surface area contributed by atoms with Gasteiger partial charge in [-0.25, -0.2) is 25.3 Å². The molecule has 252 valence electrons. The highest BCUT2D eigenvalue weighted by Crippen LogP contribution is 2.33. The van der Waals surface area contributed by atoms with Gasteiger partial charge in [0.15, 0.2) is 0 Å². The van der Waals surface area contributed by atoms with E-state index in [1.807, 2.05) is 27.7 Å². The SMILES string of the molecule is CCN(CC)c1ccc(NS(=O)(=O)c2cc(S(=O)(=O)c3ccc(Cl)c(S(=O)(=O)Nc4ccc(N(CC)CC)cc4)c3)ccc2Cl)cc1. The van der Waals surface area contributed by atoms with Crippen LogP contribution in [0.3, 0.4) is 0 Å². The van der Waals surface area contributed by atoms with Crippen molar-refractivity contribution in [1.82, 2.24) is 0 Å². The lowest BCUT2D eigenvalue weighted by Gasteiger charge is -2.21. The highest BCUT2D eigenvalue weighted by molar-refractivity contribution is 7.93. The molecule has 47 heavy (non-hydrogen) atoms. The molecule has 0 atom stereocenters. The first kappa shape index (κ1) is 36.3. The standard InChI is InChI=1S/C32H36Cl2N4O6S3/c1-5-37(6-2)25-13-9-23(10-14-25)35-46(41,42)31-21-27(17-19-29(31)33)45(39,40)28-18-20-30(34)32(22-28)47(43,44)36-24-11-15-26(16-12-24)38(7-3)8-4/h9-22,35-36H,5-8H2,1-4H3. The zero-order valence-electron chi connectivity index (χ0n) is 26.2. The maximum Gasteiger partial charge on any atom is 0.263 e. The lowest BCUT2D eigenvalue weighted by atomic mass is 10.2. The average molecular weight is 740 g/mol. The second kappa shape index (κ2) is 14.7. The Bertz CT molecular complexity index is 1910. The van der Waals surface area contributed by atoms with Crippen LogP contribution in [0.5, 0.6) is 0 Å². The van der Waals surface area contributed by atoms with E-state index in [4.69, 9.17) is 23.2 Å². The number of nitrogens with zero attached hydrogens (tertiary/aromatic N) is 2. The zero-order chi connectivity index (χ0) is 34.6. The number of anilines is 4. The number of hydrogen-bond donors (Lipinski definition) is 2. The lowest BCUT2D eigenvalue weighted by molar-refractivity contribution is 0.595. The summed E-state index contributed by atoms with van der Waals surface area (Å²) in [5.74, 6) is 0. The van der Waals surface area contributed by atoms with Crippen LogP contribution in [0.25, 0.3) is 0 Å². The van der Waals surface area contributed by atoms with Crippen molar-refractivity contribution in [2.45, 2.75) is 47.3 Å². The fourth-order valence-electron chi connectivity index (χ4n) is 4.93. The van der Waals surface area contributed by atoms with Crippen LogP contribution in [-0.2, 0) is 29.9 Å². The van der Waals surface area contributed by atoms with Gasteiger partial charge in [0.1, 0.15) is 9.79 Å². The van der Waals surface area contributed by atoms with Crippen LogP contribution in [0.2, 0.25) is 10.0 Å². The summed E-state index contributed by atoms with van der Waals surface area (Å²) in [4.78, 5) is 2.43. The maximum atomic E-state index is 13.7. The Morgan fingerprint density at radius 3 is 1.13 bits per heavy atom. The van der Waals surface area contributed by atoms with E-state index in [9.17, 15) is 25.3 Å². The molecule has 4 aromatic carbocycles. The van der Waals surface area contributed by atoms with E-state index in [1.54, 1.807) is 48.5 Å². The molecular formula is C32H36Cl2N4O6S3. The summed E-state index contributed by atoms with van der Waals surface area (Å²) >= 11 is 12.5. The predicted molar refractivity (Wildman–Crippen MR) is 190 cm³/mol. The summed E-state index contributed by atoms with van der Waals surface area (Å²) in [5.41, 5.74) is 2.34. The molecule has 10 nitrogen and oxygen atoms in total. The van der Waals surface area contributed by atoms with Gasteiger partial charge in [-0.05, 0) is 113 Å². The minimum Gasteiger partial charge on any atom is -0.372 e. The van der Waals surface area contributed by atoms with Gasteiger partial charge in [-0.15, -0.1) is 0 Å². The molecule has 2 N–H and O–H groups in total. The fourth-order valence-corrected chi connectivity index (χ4v) is 9.56. The molecule has 0 aliphatic carbocycles. The van der Waals surface area contributed by atoms with Crippen molar-refractivity contribution in [3.8, 4) is 0 Å². The lowest BCUT2D eigenvalue weighted by Crippen LogP contribution is -2.21. The van der Waals surface area contributed by atoms with Crippen molar-refractivity contribution in [1.29, 1.82) is 0 Å². The summed E-state index contributed by atoms with van der Waals surface area (Å²) in [5, 5.41) is -0.404. The molecule has 0 aromatic heterocycles. The molecule has 0 unspecified atom stereocenters. The van der Waals surface area contributed by atoms with E-state index in [0.717, 1.165) is 74.0 Å². The molecule has 0 saturated carbocycles. The molecule has 0 bridgehead atoms. The van der Waals surface area contributed by atoms with Crippen LogP contribution >= 0.6 is 23.2 Å². The van der Waals surface area contributed by atoms with E-state index in [2.05, 4.69) is 19.2 Å². The van der Waals surface area contributed by atoms with Crippen LogP contribution in [0, 0.1) is 0 Å². The smallest absolute Gasteiger partial charge is 0.263 e. The molecule has 0 aliphatic rings. The van der Waals surface area contributed by atoms with E-state index in [0.29, 0.717) is 0 Å².